The number of nitrogens with one attached hydrogen (secondary N) is 1. The smallest absolute Gasteiger partial charge is 0.230 e. The van der Waals surface area contributed by atoms with Crippen LogP contribution in [0, 0.1) is 5.92 Å². The van der Waals surface area contributed by atoms with E-state index in [-0.39, 0.29) is 11.3 Å². The van der Waals surface area contributed by atoms with E-state index in [2.05, 4.69) is 12.2 Å². The van der Waals surface area contributed by atoms with Crippen LogP contribution in [0.15, 0.2) is 24.3 Å². The Balaban J connectivity index is 1.72. The first kappa shape index (κ1) is 14.9. The van der Waals surface area contributed by atoms with Crippen molar-refractivity contribution in [2.45, 2.75) is 63.3 Å². The molecule has 1 N–H and O–H groups in total. The van der Waals surface area contributed by atoms with Crippen molar-refractivity contribution in [1.82, 2.24) is 5.32 Å². The second kappa shape index (κ2) is 6.00. The van der Waals surface area contributed by atoms with E-state index in [4.69, 9.17) is 11.6 Å². The maximum absolute atomic E-state index is 12.9. The van der Waals surface area contributed by atoms with Crippen LogP contribution in [0.2, 0.25) is 5.02 Å². The Kier molecular flexibility index (Phi) is 4.26. The highest BCUT2D eigenvalue weighted by atomic mass is 35.5. The van der Waals surface area contributed by atoms with Gasteiger partial charge in [-0.2, -0.15) is 0 Å². The Morgan fingerprint density at radius 2 is 1.95 bits per heavy atom. The van der Waals surface area contributed by atoms with Gasteiger partial charge in [-0.3, -0.25) is 4.79 Å². The molecule has 2 aliphatic rings. The highest BCUT2D eigenvalue weighted by molar-refractivity contribution is 6.30. The average Bonchev–Trinajstić information content (AvgIpc) is 2.40. The van der Waals surface area contributed by atoms with Crippen LogP contribution in [0.1, 0.15) is 57.4 Å². The van der Waals surface area contributed by atoms with E-state index in [1.807, 2.05) is 24.3 Å². The minimum absolute atomic E-state index is 0.218. The lowest BCUT2D eigenvalue weighted by Crippen LogP contribution is -2.52. The van der Waals surface area contributed by atoms with Gasteiger partial charge in [0.05, 0.1) is 5.41 Å². The van der Waals surface area contributed by atoms with Crippen molar-refractivity contribution in [2.24, 2.45) is 5.92 Å². The summed E-state index contributed by atoms with van der Waals surface area (Å²) in [5.41, 5.74) is 0.761. The van der Waals surface area contributed by atoms with Crippen molar-refractivity contribution in [3.63, 3.8) is 0 Å². The first-order valence-corrected chi connectivity index (χ1v) is 8.55. The summed E-state index contributed by atoms with van der Waals surface area (Å²) in [6.07, 6.45) is 7.73. The molecule has 21 heavy (non-hydrogen) atoms. The predicted molar refractivity (Wildman–Crippen MR) is 86.5 cm³/mol. The summed E-state index contributed by atoms with van der Waals surface area (Å²) in [5, 5.41) is 4.04. The minimum Gasteiger partial charge on any atom is -0.353 e. The molecule has 0 heterocycles. The van der Waals surface area contributed by atoms with Gasteiger partial charge >= 0.3 is 0 Å². The molecule has 0 unspecified atom stereocenters. The molecule has 0 radical (unpaired) electrons. The van der Waals surface area contributed by atoms with Crippen molar-refractivity contribution < 1.29 is 4.79 Å². The Hall–Kier alpha value is -1.02. The molecule has 0 bridgehead atoms. The standard InChI is InChI=1S/C18H24ClNO/c1-13-6-8-16(9-7-13)20-17(21)18(10-3-11-18)14-4-2-5-15(19)12-14/h2,4-5,12-13,16H,3,6-11H2,1H3,(H,20,21). The zero-order valence-corrected chi connectivity index (χ0v) is 13.5. The fourth-order valence-corrected chi connectivity index (χ4v) is 3.88. The molecule has 2 aliphatic carbocycles. The number of benzene rings is 1. The third-order valence-electron chi connectivity index (χ3n) is 5.37. The SMILES string of the molecule is CC1CCC(NC(=O)C2(c3cccc(Cl)c3)CCC2)CC1. The number of amides is 1. The summed E-state index contributed by atoms with van der Waals surface area (Å²) < 4.78 is 0. The van der Waals surface area contributed by atoms with Crippen molar-refractivity contribution in [3.05, 3.63) is 34.9 Å². The van der Waals surface area contributed by atoms with E-state index in [0.29, 0.717) is 6.04 Å². The van der Waals surface area contributed by atoms with Crippen LogP contribution in [0.3, 0.4) is 0 Å². The Labute approximate surface area is 132 Å². The van der Waals surface area contributed by atoms with E-state index in [1.54, 1.807) is 0 Å². The molecule has 2 nitrogen and oxygen atoms in total. The molecule has 0 aromatic heterocycles. The zero-order chi connectivity index (χ0) is 14.9. The number of carbonyl (C=O) groups excluding carboxylic acids is 1. The molecule has 2 fully saturated rings. The lowest BCUT2D eigenvalue weighted by molar-refractivity contribution is -0.131. The predicted octanol–water partition coefficient (Wildman–Crippen LogP) is 4.46. The number of hydrogen-bond acceptors (Lipinski definition) is 1. The fraction of sp³-hybridized carbons (Fsp3) is 0.611. The van der Waals surface area contributed by atoms with Gasteiger partial charge in [-0.1, -0.05) is 37.1 Å². The van der Waals surface area contributed by atoms with Crippen LogP contribution in [-0.2, 0) is 10.2 Å². The molecule has 114 valence electrons. The third-order valence-corrected chi connectivity index (χ3v) is 5.61. The van der Waals surface area contributed by atoms with Gasteiger partial charge in [0.25, 0.3) is 0 Å². The zero-order valence-electron chi connectivity index (χ0n) is 12.7. The maximum Gasteiger partial charge on any atom is 0.230 e. The molecule has 0 spiro atoms. The fourth-order valence-electron chi connectivity index (χ4n) is 3.69. The van der Waals surface area contributed by atoms with Crippen LogP contribution in [0.25, 0.3) is 0 Å². The highest BCUT2D eigenvalue weighted by Crippen LogP contribution is 2.44. The minimum atomic E-state index is -0.325. The van der Waals surface area contributed by atoms with E-state index in [9.17, 15) is 4.79 Å². The normalized spacial score (nSPS) is 27.7. The molecule has 2 saturated carbocycles. The second-order valence-corrected chi connectivity index (χ2v) is 7.31. The van der Waals surface area contributed by atoms with Gasteiger partial charge in [0.15, 0.2) is 0 Å². The van der Waals surface area contributed by atoms with Crippen LogP contribution in [0.5, 0.6) is 0 Å². The molecule has 0 atom stereocenters. The summed E-state index contributed by atoms with van der Waals surface area (Å²) in [7, 11) is 0. The lowest BCUT2D eigenvalue weighted by Gasteiger charge is -2.42. The molecule has 3 heteroatoms. The highest BCUT2D eigenvalue weighted by Gasteiger charge is 2.46. The largest absolute Gasteiger partial charge is 0.353 e. The number of halogens is 1. The van der Waals surface area contributed by atoms with Gasteiger partial charge in [-0.05, 0) is 62.1 Å². The molecule has 3 rings (SSSR count). The summed E-state index contributed by atoms with van der Waals surface area (Å²) in [4.78, 5) is 12.9. The summed E-state index contributed by atoms with van der Waals surface area (Å²) in [6, 6.07) is 8.20. The summed E-state index contributed by atoms with van der Waals surface area (Å²) in [5.74, 6) is 1.03. The Morgan fingerprint density at radius 1 is 1.24 bits per heavy atom. The number of carbonyl (C=O) groups is 1. The van der Waals surface area contributed by atoms with Crippen LogP contribution < -0.4 is 5.32 Å². The number of rotatable bonds is 3. The molecule has 1 amide bonds. The van der Waals surface area contributed by atoms with Gasteiger partial charge in [0.1, 0.15) is 0 Å². The van der Waals surface area contributed by atoms with Gasteiger partial charge in [-0.15, -0.1) is 0 Å². The second-order valence-electron chi connectivity index (χ2n) is 6.88. The van der Waals surface area contributed by atoms with Gasteiger partial charge in [0, 0.05) is 11.1 Å². The van der Waals surface area contributed by atoms with Crippen molar-refractivity contribution in [3.8, 4) is 0 Å². The van der Waals surface area contributed by atoms with E-state index in [0.717, 1.165) is 48.6 Å². The van der Waals surface area contributed by atoms with E-state index < -0.39 is 0 Å². The van der Waals surface area contributed by atoms with E-state index in [1.165, 1.54) is 12.8 Å². The van der Waals surface area contributed by atoms with Gasteiger partial charge in [-0.25, -0.2) is 0 Å². The summed E-state index contributed by atoms with van der Waals surface area (Å²) in [6.45, 7) is 2.30. The van der Waals surface area contributed by atoms with Crippen molar-refractivity contribution in [1.29, 1.82) is 0 Å². The molecule has 1 aromatic rings. The first-order chi connectivity index (χ1) is 10.1. The van der Waals surface area contributed by atoms with Crippen LogP contribution >= 0.6 is 11.6 Å². The lowest BCUT2D eigenvalue weighted by atomic mass is 9.63. The van der Waals surface area contributed by atoms with Gasteiger partial charge in [0.2, 0.25) is 5.91 Å². The third kappa shape index (κ3) is 2.96. The number of hydrogen-bond donors (Lipinski definition) is 1. The molecular formula is C18H24ClNO. The van der Waals surface area contributed by atoms with Crippen LogP contribution in [0.4, 0.5) is 0 Å². The van der Waals surface area contributed by atoms with Gasteiger partial charge < -0.3 is 5.32 Å². The molecule has 0 saturated heterocycles. The Morgan fingerprint density at radius 3 is 2.52 bits per heavy atom. The Bertz CT molecular complexity index is 516. The van der Waals surface area contributed by atoms with E-state index >= 15 is 0 Å². The van der Waals surface area contributed by atoms with Crippen LogP contribution in [-0.4, -0.2) is 11.9 Å². The van der Waals surface area contributed by atoms with Crippen molar-refractivity contribution >= 4 is 17.5 Å². The summed E-state index contributed by atoms with van der Waals surface area (Å²) >= 11 is 6.11. The monoisotopic (exact) mass is 305 g/mol. The average molecular weight is 306 g/mol. The quantitative estimate of drug-likeness (QED) is 0.878. The van der Waals surface area contributed by atoms with Crippen molar-refractivity contribution in [2.75, 3.05) is 0 Å². The first-order valence-electron chi connectivity index (χ1n) is 8.17. The molecule has 1 aromatic carbocycles. The molecular weight excluding hydrogens is 282 g/mol. The topological polar surface area (TPSA) is 29.1 Å². The maximum atomic E-state index is 12.9. The molecule has 0 aliphatic heterocycles.